The number of halogens is 3. The maximum Gasteiger partial charge on any atom is 0.253 e. The zero-order valence-electron chi connectivity index (χ0n) is 13.9. The summed E-state index contributed by atoms with van der Waals surface area (Å²) in [4.78, 5) is 16.8. The summed E-state index contributed by atoms with van der Waals surface area (Å²) >= 11 is 21.0. The molecule has 0 aliphatic carbocycles. The Hall–Kier alpha value is -1.02. The summed E-state index contributed by atoms with van der Waals surface area (Å²) in [6.45, 7) is 0.286. The lowest BCUT2D eigenvalue weighted by molar-refractivity contribution is 0.0381. The Kier molecular flexibility index (Phi) is 7.25. The molecule has 0 saturated heterocycles. The second-order valence-electron chi connectivity index (χ2n) is 5.43. The zero-order valence-corrected chi connectivity index (χ0v) is 17.8. The lowest BCUT2D eigenvalue weighted by Crippen LogP contribution is -2.46. The molecule has 0 spiro atoms. The molecule has 3 aromatic rings. The van der Waals surface area contributed by atoms with Crippen molar-refractivity contribution in [1.29, 1.82) is 0 Å². The van der Waals surface area contributed by atoms with Crippen LogP contribution in [0.15, 0.2) is 58.9 Å². The zero-order chi connectivity index (χ0) is 19.3. The third kappa shape index (κ3) is 5.98. The number of nitrogens with one attached hydrogen (secondary N) is 1. The van der Waals surface area contributed by atoms with Gasteiger partial charge in [-0.15, -0.1) is 11.3 Å². The predicted octanol–water partition coefficient (Wildman–Crippen LogP) is 5.53. The summed E-state index contributed by atoms with van der Waals surface area (Å²) in [5.74, 6) is 0.240. The van der Waals surface area contributed by atoms with Crippen LogP contribution in [0.2, 0.25) is 0 Å². The average molecular weight is 462 g/mol. The predicted molar refractivity (Wildman–Crippen MR) is 114 cm³/mol. The number of aromatic nitrogens is 1. The molecule has 3 rings (SSSR count). The van der Waals surface area contributed by atoms with Crippen molar-refractivity contribution in [3.63, 3.8) is 0 Å². The molecule has 0 aliphatic heterocycles. The second-order valence-corrected chi connectivity index (χ2v) is 10.2. The molecule has 142 valence electrons. The Balaban J connectivity index is 1.53. The number of para-hydroxylation sites is 1. The maximum absolute atomic E-state index is 12.3. The molecule has 1 N–H and O–H groups in total. The van der Waals surface area contributed by atoms with Gasteiger partial charge in [0.15, 0.2) is 10.6 Å². The highest BCUT2D eigenvalue weighted by Crippen LogP contribution is 2.32. The van der Waals surface area contributed by atoms with Crippen molar-refractivity contribution in [2.24, 2.45) is 0 Å². The molecule has 0 fully saturated rings. The molecule has 0 bridgehead atoms. The number of benzene rings is 2. The van der Waals surface area contributed by atoms with Crippen molar-refractivity contribution in [1.82, 2.24) is 10.3 Å². The third-order valence-corrected chi connectivity index (χ3v) is 6.20. The van der Waals surface area contributed by atoms with Crippen LogP contribution in [0.25, 0.3) is 10.2 Å². The molecule has 1 unspecified atom stereocenters. The van der Waals surface area contributed by atoms with Crippen LogP contribution in [0, 0.1) is 0 Å². The molecule has 4 nitrogen and oxygen atoms in total. The number of nitrogens with zero attached hydrogens (tertiary/aromatic N) is 1. The van der Waals surface area contributed by atoms with Gasteiger partial charge in [-0.2, -0.15) is 0 Å². The fourth-order valence-electron chi connectivity index (χ4n) is 2.22. The second kappa shape index (κ2) is 9.45. The summed E-state index contributed by atoms with van der Waals surface area (Å²) in [7, 11) is 0. The number of alkyl halides is 3. The molecular formula is C18H15Cl3N2O2S2. The number of amides is 1. The summed E-state index contributed by atoms with van der Waals surface area (Å²) in [6, 6.07) is 16.6. The number of thioether (sulfide) groups is 1. The highest BCUT2D eigenvalue weighted by Gasteiger charge is 2.35. The van der Waals surface area contributed by atoms with Gasteiger partial charge in [0, 0.05) is 11.3 Å². The van der Waals surface area contributed by atoms with Crippen LogP contribution in [0.4, 0.5) is 0 Å². The fourth-order valence-corrected chi connectivity index (χ4v) is 4.54. The Labute approximate surface area is 180 Å². The van der Waals surface area contributed by atoms with Crippen LogP contribution in [0.1, 0.15) is 10.4 Å². The van der Waals surface area contributed by atoms with Crippen LogP contribution in [0.3, 0.4) is 0 Å². The normalized spacial score (nSPS) is 12.9. The van der Waals surface area contributed by atoms with E-state index in [0.717, 1.165) is 14.6 Å². The first-order chi connectivity index (χ1) is 12.9. The number of ether oxygens (including phenoxy) is 1. The van der Waals surface area contributed by atoms with Crippen molar-refractivity contribution >= 4 is 74.0 Å². The number of fused-ring (bicyclic) bond motifs is 1. The van der Waals surface area contributed by atoms with Gasteiger partial charge in [0.05, 0.1) is 16.8 Å². The van der Waals surface area contributed by atoms with E-state index in [1.54, 1.807) is 47.4 Å². The first-order valence-electron chi connectivity index (χ1n) is 7.96. The molecule has 2 aromatic carbocycles. The lowest BCUT2D eigenvalue weighted by atomic mass is 10.2. The van der Waals surface area contributed by atoms with Gasteiger partial charge in [0.1, 0.15) is 0 Å². The molecule has 27 heavy (non-hydrogen) atoms. The van der Waals surface area contributed by atoms with E-state index in [1.807, 2.05) is 30.3 Å². The standard InChI is InChI=1S/C18H15Cl3N2O2S2/c19-18(20,21)16(23-15(24)12-6-2-1-3-7-12)25-10-11-26-17-22-13-8-4-5-9-14(13)27-17/h1-9,16H,10-11H2,(H,23,24). The molecule has 1 heterocycles. The Morgan fingerprint density at radius 2 is 1.85 bits per heavy atom. The summed E-state index contributed by atoms with van der Waals surface area (Å²) in [5, 5.41) is 2.61. The van der Waals surface area contributed by atoms with Crippen LogP contribution in [0.5, 0.6) is 0 Å². The molecule has 0 aliphatic rings. The SMILES string of the molecule is O=C(NC(OCCSc1nc2ccccc2s1)C(Cl)(Cl)Cl)c1ccccc1. The molecule has 0 radical (unpaired) electrons. The molecule has 1 aromatic heterocycles. The van der Waals surface area contributed by atoms with Crippen LogP contribution >= 0.6 is 57.9 Å². The van der Waals surface area contributed by atoms with Crippen molar-refractivity contribution in [3.8, 4) is 0 Å². The maximum atomic E-state index is 12.3. The van der Waals surface area contributed by atoms with Gasteiger partial charge in [0.25, 0.3) is 5.91 Å². The van der Waals surface area contributed by atoms with Gasteiger partial charge in [-0.25, -0.2) is 4.98 Å². The first kappa shape index (κ1) is 20.7. The summed E-state index contributed by atoms with van der Waals surface area (Å²) in [5.41, 5.74) is 1.43. The number of thiazole rings is 1. The molecule has 1 atom stereocenters. The van der Waals surface area contributed by atoms with Crippen LogP contribution in [-0.4, -0.2) is 33.3 Å². The topological polar surface area (TPSA) is 51.2 Å². The average Bonchev–Trinajstić information content (AvgIpc) is 3.06. The van der Waals surface area contributed by atoms with Gasteiger partial charge < -0.3 is 10.1 Å². The molecular weight excluding hydrogens is 447 g/mol. The van der Waals surface area contributed by atoms with Crippen molar-refractivity contribution in [3.05, 3.63) is 60.2 Å². The Morgan fingerprint density at radius 1 is 1.15 bits per heavy atom. The Morgan fingerprint density at radius 3 is 2.56 bits per heavy atom. The summed E-state index contributed by atoms with van der Waals surface area (Å²) in [6.07, 6.45) is -1.06. The molecule has 0 saturated carbocycles. The monoisotopic (exact) mass is 460 g/mol. The van der Waals surface area contributed by atoms with E-state index >= 15 is 0 Å². The van der Waals surface area contributed by atoms with Gasteiger partial charge in [-0.05, 0) is 24.3 Å². The summed E-state index contributed by atoms with van der Waals surface area (Å²) < 4.78 is 5.91. The van der Waals surface area contributed by atoms with E-state index in [0.29, 0.717) is 11.3 Å². The molecule has 1 amide bonds. The lowest BCUT2D eigenvalue weighted by Gasteiger charge is -2.25. The van der Waals surface area contributed by atoms with E-state index in [4.69, 9.17) is 39.5 Å². The van der Waals surface area contributed by atoms with E-state index in [2.05, 4.69) is 10.3 Å². The minimum absolute atomic E-state index is 0.286. The van der Waals surface area contributed by atoms with E-state index in [1.165, 1.54) is 0 Å². The Bertz CT molecular complexity index is 867. The van der Waals surface area contributed by atoms with Crippen LogP contribution < -0.4 is 5.32 Å². The quantitative estimate of drug-likeness (QED) is 0.217. The van der Waals surface area contributed by atoms with Gasteiger partial charge in [-0.1, -0.05) is 76.9 Å². The first-order valence-corrected chi connectivity index (χ1v) is 10.9. The number of carbonyl (C=O) groups is 1. The van der Waals surface area contributed by atoms with Crippen molar-refractivity contribution in [2.45, 2.75) is 14.4 Å². The highest BCUT2D eigenvalue weighted by atomic mass is 35.6. The minimum Gasteiger partial charge on any atom is -0.353 e. The highest BCUT2D eigenvalue weighted by molar-refractivity contribution is 8.01. The smallest absolute Gasteiger partial charge is 0.253 e. The number of carbonyl (C=O) groups excluding carboxylic acids is 1. The van der Waals surface area contributed by atoms with Crippen molar-refractivity contribution < 1.29 is 9.53 Å². The van der Waals surface area contributed by atoms with E-state index in [9.17, 15) is 4.79 Å². The molecule has 9 heteroatoms. The number of hydrogen-bond acceptors (Lipinski definition) is 5. The van der Waals surface area contributed by atoms with E-state index < -0.39 is 10.0 Å². The van der Waals surface area contributed by atoms with E-state index in [-0.39, 0.29) is 12.5 Å². The van der Waals surface area contributed by atoms with Crippen molar-refractivity contribution in [2.75, 3.05) is 12.4 Å². The fraction of sp³-hybridized carbons (Fsp3) is 0.222. The number of rotatable bonds is 7. The van der Waals surface area contributed by atoms with Gasteiger partial charge in [-0.3, -0.25) is 4.79 Å². The largest absolute Gasteiger partial charge is 0.353 e. The number of hydrogen-bond donors (Lipinski definition) is 1. The van der Waals surface area contributed by atoms with Crippen LogP contribution in [-0.2, 0) is 4.74 Å². The van der Waals surface area contributed by atoms with Gasteiger partial charge in [0.2, 0.25) is 3.79 Å². The minimum atomic E-state index is -1.79. The van der Waals surface area contributed by atoms with Gasteiger partial charge >= 0.3 is 0 Å². The third-order valence-electron chi connectivity index (χ3n) is 3.46.